The Morgan fingerprint density at radius 3 is 2.63 bits per heavy atom. The summed E-state index contributed by atoms with van der Waals surface area (Å²) >= 11 is 2.67. The van der Waals surface area contributed by atoms with Crippen molar-refractivity contribution in [1.82, 2.24) is 5.32 Å². The van der Waals surface area contributed by atoms with Crippen LogP contribution < -0.4 is 11.1 Å². The van der Waals surface area contributed by atoms with Crippen molar-refractivity contribution < 1.29 is 14.3 Å². The van der Waals surface area contributed by atoms with Crippen molar-refractivity contribution in [2.24, 2.45) is 0 Å². The third-order valence-corrected chi connectivity index (χ3v) is 6.13. The van der Waals surface area contributed by atoms with E-state index in [1.165, 1.54) is 5.39 Å². The number of carbonyl (C=O) groups is 2. The fourth-order valence-electron chi connectivity index (χ4n) is 2.76. The van der Waals surface area contributed by atoms with E-state index in [-0.39, 0.29) is 12.5 Å². The molecule has 7 heteroatoms. The standard InChI is InChI=1S/C20H20N2O3S2/c1-3-25-20(24)16-15(17(19(23)22-2)27-18(16)21)11-26-14-9-8-12-6-4-5-7-13(12)10-14/h4-10H,3,11,21H2,1-2H3,(H,22,23). The number of ether oxygens (including phenoxy) is 1. The number of amides is 1. The molecule has 0 unspecified atom stereocenters. The Labute approximate surface area is 165 Å². The maximum atomic E-state index is 12.4. The molecule has 0 saturated carbocycles. The lowest BCUT2D eigenvalue weighted by atomic mass is 10.1. The minimum absolute atomic E-state index is 0.251. The Morgan fingerprint density at radius 1 is 1.19 bits per heavy atom. The van der Waals surface area contributed by atoms with Crippen LogP contribution in [0.4, 0.5) is 5.00 Å². The molecule has 140 valence electrons. The summed E-state index contributed by atoms with van der Waals surface area (Å²) in [5, 5.41) is 5.23. The molecule has 0 aliphatic rings. The second-order valence-electron chi connectivity index (χ2n) is 5.75. The zero-order valence-electron chi connectivity index (χ0n) is 15.1. The molecule has 1 heterocycles. The van der Waals surface area contributed by atoms with Crippen molar-refractivity contribution >= 4 is 50.7 Å². The molecule has 0 fully saturated rings. The van der Waals surface area contributed by atoms with Gasteiger partial charge in [-0.15, -0.1) is 23.1 Å². The lowest BCUT2D eigenvalue weighted by Crippen LogP contribution is -2.18. The van der Waals surface area contributed by atoms with Crippen LogP contribution in [0.5, 0.6) is 0 Å². The summed E-state index contributed by atoms with van der Waals surface area (Å²) in [6.45, 7) is 1.99. The summed E-state index contributed by atoms with van der Waals surface area (Å²) in [4.78, 5) is 26.1. The minimum Gasteiger partial charge on any atom is -0.462 e. The highest BCUT2D eigenvalue weighted by molar-refractivity contribution is 7.98. The highest BCUT2D eigenvalue weighted by atomic mass is 32.2. The molecule has 2 aromatic carbocycles. The summed E-state index contributed by atoms with van der Waals surface area (Å²) in [6.07, 6.45) is 0. The van der Waals surface area contributed by atoms with Crippen LogP contribution >= 0.6 is 23.1 Å². The van der Waals surface area contributed by atoms with Crippen molar-refractivity contribution in [1.29, 1.82) is 0 Å². The van der Waals surface area contributed by atoms with Crippen LogP contribution in [0.25, 0.3) is 10.8 Å². The Balaban J connectivity index is 1.93. The molecule has 5 nitrogen and oxygen atoms in total. The van der Waals surface area contributed by atoms with E-state index in [9.17, 15) is 9.59 Å². The van der Waals surface area contributed by atoms with Crippen LogP contribution in [0.3, 0.4) is 0 Å². The molecule has 0 aliphatic carbocycles. The summed E-state index contributed by atoms with van der Waals surface area (Å²) in [5.74, 6) is -0.296. The van der Waals surface area contributed by atoms with Crippen LogP contribution in [-0.4, -0.2) is 25.5 Å². The third kappa shape index (κ3) is 4.09. The summed E-state index contributed by atoms with van der Waals surface area (Å²) in [5.41, 5.74) is 6.96. The lowest BCUT2D eigenvalue weighted by Gasteiger charge is -2.08. The SMILES string of the molecule is CCOC(=O)c1c(N)sc(C(=O)NC)c1CSc1ccc2ccccc2c1. The Hall–Kier alpha value is -2.51. The summed E-state index contributed by atoms with van der Waals surface area (Å²) in [7, 11) is 1.56. The highest BCUT2D eigenvalue weighted by Gasteiger charge is 2.26. The quantitative estimate of drug-likeness (QED) is 0.476. The van der Waals surface area contributed by atoms with Gasteiger partial charge in [0.15, 0.2) is 0 Å². The monoisotopic (exact) mass is 400 g/mol. The van der Waals surface area contributed by atoms with Crippen LogP contribution in [0, 0.1) is 0 Å². The average Bonchev–Trinajstić information content (AvgIpc) is 3.02. The van der Waals surface area contributed by atoms with E-state index in [0.29, 0.717) is 26.8 Å². The maximum Gasteiger partial charge on any atom is 0.341 e. The predicted molar refractivity (Wildman–Crippen MR) is 112 cm³/mol. The molecular weight excluding hydrogens is 380 g/mol. The molecule has 0 spiro atoms. The molecule has 0 saturated heterocycles. The molecule has 0 bridgehead atoms. The fraction of sp³-hybridized carbons (Fsp3) is 0.200. The van der Waals surface area contributed by atoms with Crippen LogP contribution in [0.15, 0.2) is 47.4 Å². The number of carbonyl (C=O) groups excluding carboxylic acids is 2. The number of thiophene rings is 1. The van der Waals surface area contributed by atoms with Gasteiger partial charge in [0.25, 0.3) is 5.91 Å². The van der Waals surface area contributed by atoms with Crippen LogP contribution in [0.1, 0.15) is 32.5 Å². The molecule has 0 atom stereocenters. The zero-order chi connectivity index (χ0) is 19.4. The van der Waals surface area contributed by atoms with Gasteiger partial charge >= 0.3 is 5.97 Å². The van der Waals surface area contributed by atoms with Gasteiger partial charge in [-0.1, -0.05) is 30.3 Å². The number of nitrogen functional groups attached to an aromatic ring is 1. The zero-order valence-corrected chi connectivity index (χ0v) is 16.7. The predicted octanol–water partition coefficient (Wildman–Crippen LogP) is 4.31. The maximum absolute atomic E-state index is 12.4. The summed E-state index contributed by atoms with van der Waals surface area (Å²) < 4.78 is 5.13. The van der Waals surface area contributed by atoms with Gasteiger partial charge in [-0.2, -0.15) is 0 Å². The second kappa shape index (κ2) is 8.45. The van der Waals surface area contributed by atoms with Gasteiger partial charge in [-0.25, -0.2) is 4.79 Å². The van der Waals surface area contributed by atoms with Crippen LogP contribution in [0.2, 0.25) is 0 Å². The van der Waals surface area contributed by atoms with E-state index in [1.807, 2.05) is 18.2 Å². The Kier molecular flexibility index (Phi) is 6.03. The molecule has 3 rings (SSSR count). The smallest absolute Gasteiger partial charge is 0.341 e. The van der Waals surface area contributed by atoms with E-state index in [0.717, 1.165) is 21.6 Å². The topological polar surface area (TPSA) is 81.4 Å². The van der Waals surface area contributed by atoms with Crippen molar-refractivity contribution in [2.45, 2.75) is 17.6 Å². The second-order valence-corrected chi connectivity index (χ2v) is 7.85. The van der Waals surface area contributed by atoms with Crippen molar-refractivity contribution in [3.05, 3.63) is 58.5 Å². The number of nitrogens with one attached hydrogen (secondary N) is 1. The average molecular weight is 401 g/mol. The number of esters is 1. The molecule has 1 amide bonds. The number of hydrogen-bond acceptors (Lipinski definition) is 6. The fourth-order valence-corrected chi connectivity index (χ4v) is 4.85. The van der Waals surface area contributed by atoms with E-state index in [1.54, 1.807) is 25.7 Å². The number of anilines is 1. The normalized spacial score (nSPS) is 10.7. The van der Waals surface area contributed by atoms with Crippen LogP contribution in [-0.2, 0) is 10.5 Å². The van der Waals surface area contributed by atoms with Gasteiger partial charge < -0.3 is 15.8 Å². The van der Waals surface area contributed by atoms with E-state index in [2.05, 4.69) is 29.6 Å². The first-order chi connectivity index (χ1) is 13.0. The molecular formula is C20H20N2O3S2. The largest absolute Gasteiger partial charge is 0.462 e. The molecule has 0 radical (unpaired) electrons. The number of fused-ring (bicyclic) bond motifs is 1. The first-order valence-corrected chi connectivity index (χ1v) is 10.3. The van der Waals surface area contributed by atoms with E-state index >= 15 is 0 Å². The van der Waals surface area contributed by atoms with Gasteiger partial charge in [-0.3, -0.25) is 4.79 Å². The van der Waals surface area contributed by atoms with Gasteiger partial charge in [0.05, 0.1) is 17.0 Å². The number of benzene rings is 2. The van der Waals surface area contributed by atoms with Gasteiger partial charge in [-0.05, 0) is 29.8 Å². The Morgan fingerprint density at radius 2 is 1.93 bits per heavy atom. The molecule has 27 heavy (non-hydrogen) atoms. The highest BCUT2D eigenvalue weighted by Crippen LogP contribution is 2.36. The van der Waals surface area contributed by atoms with Gasteiger partial charge in [0.1, 0.15) is 5.00 Å². The number of thioether (sulfide) groups is 1. The number of hydrogen-bond donors (Lipinski definition) is 2. The van der Waals surface area contributed by atoms with E-state index < -0.39 is 5.97 Å². The van der Waals surface area contributed by atoms with Crippen molar-refractivity contribution in [2.75, 3.05) is 19.4 Å². The van der Waals surface area contributed by atoms with Gasteiger partial charge in [0.2, 0.25) is 0 Å². The molecule has 3 N–H and O–H groups in total. The third-order valence-electron chi connectivity index (χ3n) is 4.05. The minimum atomic E-state index is -0.490. The Bertz CT molecular complexity index is 998. The first kappa shape index (κ1) is 19.3. The summed E-state index contributed by atoms with van der Waals surface area (Å²) in [6, 6.07) is 14.3. The number of nitrogens with two attached hydrogens (primary N) is 1. The molecule has 1 aromatic heterocycles. The molecule has 3 aromatic rings. The first-order valence-electron chi connectivity index (χ1n) is 8.47. The molecule has 0 aliphatic heterocycles. The lowest BCUT2D eigenvalue weighted by molar-refractivity contribution is 0.0527. The number of rotatable bonds is 6. The van der Waals surface area contributed by atoms with Crippen molar-refractivity contribution in [3.8, 4) is 0 Å². The van der Waals surface area contributed by atoms with Gasteiger partial charge in [0, 0.05) is 23.3 Å². The van der Waals surface area contributed by atoms with Crippen molar-refractivity contribution in [3.63, 3.8) is 0 Å². The van der Waals surface area contributed by atoms with E-state index in [4.69, 9.17) is 10.5 Å².